The minimum atomic E-state index is -3.05. The number of nitrogens with one attached hydrogen (secondary N) is 2. The lowest BCUT2D eigenvalue weighted by molar-refractivity contribution is -0.134. The first-order valence-corrected chi connectivity index (χ1v) is 9.42. The third kappa shape index (κ3) is 3.70. The van der Waals surface area contributed by atoms with E-state index in [1.807, 2.05) is 24.3 Å². The molecular weight excluding hydrogens is 396 g/mol. The molecule has 1 atom stereocenters. The molecule has 9 heteroatoms. The lowest BCUT2D eigenvalue weighted by atomic mass is 9.78. The van der Waals surface area contributed by atoms with Crippen LogP contribution in [0.5, 0.6) is 5.75 Å². The second-order valence-corrected chi connectivity index (χ2v) is 7.27. The van der Waals surface area contributed by atoms with Gasteiger partial charge < -0.3 is 15.4 Å². The molecule has 7 nitrogen and oxygen atoms in total. The highest BCUT2D eigenvalue weighted by molar-refractivity contribution is 6.10. The molecule has 2 aliphatic rings. The number of nitrogens with zero attached hydrogens (tertiary/aromatic N) is 1. The fourth-order valence-corrected chi connectivity index (χ4v) is 3.95. The van der Waals surface area contributed by atoms with Crippen molar-refractivity contribution in [1.82, 2.24) is 10.2 Å². The van der Waals surface area contributed by atoms with E-state index in [1.54, 1.807) is 0 Å². The second-order valence-electron chi connectivity index (χ2n) is 7.27. The molecule has 0 bridgehead atoms. The summed E-state index contributed by atoms with van der Waals surface area (Å²) in [7, 11) is 0. The number of amides is 4. The van der Waals surface area contributed by atoms with Gasteiger partial charge in [-0.2, -0.15) is 8.78 Å². The SMILES string of the molecule is O=C(CN1C(=O)N[C@@]2(CCc3ccccc3C2)C1=O)Nc1ccccc1OC(F)F. The molecule has 1 fully saturated rings. The molecular formula is C21H19F2N3O4. The standard InChI is InChI=1S/C21H19F2N3O4/c22-19(23)30-16-8-4-3-7-15(16)24-17(27)12-26-18(28)21(25-20(26)29)10-9-13-5-1-2-6-14(13)11-21/h1-8,19H,9-12H2,(H,24,27)(H,25,29)/t21-/m1/s1. The summed E-state index contributed by atoms with van der Waals surface area (Å²) in [6.07, 6.45) is 1.44. The fourth-order valence-electron chi connectivity index (χ4n) is 3.95. The lowest BCUT2D eigenvalue weighted by Gasteiger charge is -2.32. The molecule has 1 saturated heterocycles. The van der Waals surface area contributed by atoms with Crippen molar-refractivity contribution in [3.63, 3.8) is 0 Å². The maximum absolute atomic E-state index is 13.0. The van der Waals surface area contributed by atoms with Gasteiger partial charge in [-0.05, 0) is 36.1 Å². The molecule has 2 N–H and O–H groups in total. The first-order valence-electron chi connectivity index (χ1n) is 9.42. The summed E-state index contributed by atoms with van der Waals surface area (Å²) in [5, 5.41) is 5.17. The van der Waals surface area contributed by atoms with Crippen molar-refractivity contribution in [2.45, 2.75) is 31.4 Å². The Balaban J connectivity index is 1.46. The molecule has 4 amide bonds. The molecule has 2 aromatic rings. The van der Waals surface area contributed by atoms with Crippen molar-refractivity contribution in [3.8, 4) is 5.75 Å². The maximum atomic E-state index is 13.0. The van der Waals surface area contributed by atoms with E-state index in [0.29, 0.717) is 19.3 Å². The quantitative estimate of drug-likeness (QED) is 0.735. The van der Waals surface area contributed by atoms with Crippen LogP contribution in [0.1, 0.15) is 17.5 Å². The van der Waals surface area contributed by atoms with Gasteiger partial charge in [-0.1, -0.05) is 36.4 Å². The van der Waals surface area contributed by atoms with Crippen LogP contribution < -0.4 is 15.4 Å². The molecule has 0 unspecified atom stereocenters. The minimum Gasteiger partial charge on any atom is -0.433 e. The van der Waals surface area contributed by atoms with E-state index >= 15 is 0 Å². The van der Waals surface area contributed by atoms with Gasteiger partial charge in [0.2, 0.25) is 5.91 Å². The number of hydrogen-bond donors (Lipinski definition) is 2. The van der Waals surface area contributed by atoms with Crippen molar-refractivity contribution in [3.05, 3.63) is 59.7 Å². The van der Waals surface area contributed by atoms with E-state index in [1.165, 1.54) is 24.3 Å². The Morgan fingerprint density at radius 2 is 1.83 bits per heavy atom. The Kier molecular flexibility index (Phi) is 5.11. The van der Waals surface area contributed by atoms with Crippen LogP contribution in [0.4, 0.5) is 19.3 Å². The Morgan fingerprint density at radius 3 is 2.60 bits per heavy atom. The Hall–Kier alpha value is -3.49. The number of imide groups is 1. The van der Waals surface area contributed by atoms with E-state index in [9.17, 15) is 23.2 Å². The predicted molar refractivity (Wildman–Crippen MR) is 103 cm³/mol. The van der Waals surface area contributed by atoms with Crippen molar-refractivity contribution in [2.75, 3.05) is 11.9 Å². The number of anilines is 1. The first-order chi connectivity index (χ1) is 14.4. The number of fused-ring (bicyclic) bond motifs is 1. The number of rotatable bonds is 5. The molecule has 0 aromatic heterocycles. The highest BCUT2D eigenvalue weighted by Crippen LogP contribution is 2.33. The molecule has 156 valence electrons. The normalized spacial score (nSPS) is 20.3. The summed E-state index contributed by atoms with van der Waals surface area (Å²) in [6, 6.07) is 12.8. The Bertz CT molecular complexity index is 1010. The van der Waals surface area contributed by atoms with Gasteiger partial charge in [0.25, 0.3) is 5.91 Å². The zero-order valence-electron chi connectivity index (χ0n) is 15.9. The molecule has 4 rings (SSSR count). The van der Waals surface area contributed by atoms with Gasteiger partial charge >= 0.3 is 12.6 Å². The van der Waals surface area contributed by atoms with Crippen LogP contribution in [0.25, 0.3) is 0 Å². The summed E-state index contributed by atoms with van der Waals surface area (Å²) < 4.78 is 29.4. The number of aryl methyl sites for hydroxylation is 1. The average molecular weight is 415 g/mol. The number of carbonyl (C=O) groups excluding carboxylic acids is 3. The average Bonchev–Trinajstić information content (AvgIpc) is 2.93. The van der Waals surface area contributed by atoms with Crippen molar-refractivity contribution in [1.29, 1.82) is 0 Å². The zero-order chi connectivity index (χ0) is 21.3. The third-order valence-corrected chi connectivity index (χ3v) is 5.36. The Morgan fingerprint density at radius 1 is 1.13 bits per heavy atom. The largest absolute Gasteiger partial charge is 0.433 e. The van der Waals surface area contributed by atoms with Crippen molar-refractivity contribution >= 4 is 23.5 Å². The summed E-state index contributed by atoms with van der Waals surface area (Å²) in [6.45, 7) is -3.58. The summed E-state index contributed by atoms with van der Waals surface area (Å²) in [4.78, 5) is 38.8. The smallest absolute Gasteiger partial charge is 0.387 e. The van der Waals surface area contributed by atoms with Crippen LogP contribution in [0.2, 0.25) is 0 Å². The number of urea groups is 1. The second kappa shape index (κ2) is 7.74. The van der Waals surface area contributed by atoms with Crippen molar-refractivity contribution < 1.29 is 27.9 Å². The van der Waals surface area contributed by atoms with Gasteiger partial charge in [0.05, 0.1) is 5.69 Å². The molecule has 1 spiro atoms. The summed E-state index contributed by atoms with van der Waals surface area (Å²) in [5.41, 5.74) is 1.08. The third-order valence-electron chi connectivity index (χ3n) is 5.36. The van der Waals surface area contributed by atoms with Gasteiger partial charge in [-0.15, -0.1) is 0 Å². The molecule has 1 heterocycles. The number of para-hydroxylation sites is 2. The lowest BCUT2D eigenvalue weighted by Crippen LogP contribution is -2.51. The van der Waals surface area contributed by atoms with Crippen LogP contribution in [0.15, 0.2) is 48.5 Å². The maximum Gasteiger partial charge on any atom is 0.387 e. The molecule has 0 saturated carbocycles. The van der Waals surface area contributed by atoms with Gasteiger partial charge in [0, 0.05) is 6.42 Å². The predicted octanol–water partition coefficient (Wildman–Crippen LogP) is 2.71. The van der Waals surface area contributed by atoms with Gasteiger partial charge in [-0.3, -0.25) is 14.5 Å². The minimum absolute atomic E-state index is 0.0242. The van der Waals surface area contributed by atoms with Crippen LogP contribution >= 0.6 is 0 Å². The first kappa shape index (κ1) is 19.8. The van der Waals surface area contributed by atoms with Crippen LogP contribution in [0, 0.1) is 0 Å². The number of halogens is 2. The van der Waals surface area contributed by atoms with E-state index < -0.39 is 36.5 Å². The van der Waals surface area contributed by atoms with E-state index in [4.69, 9.17) is 0 Å². The van der Waals surface area contributed by atoms with E-state index in [0.717, 1.165) is 16.0 Å². The molecule has 1 aliphatic carbocycles. The molecule has 2 aromatic carbocycles. The summed E-state index contributed by atoms with van der Waals surface area (Å²) in [5.74, 6) is -1.37. The summed E-state index contributed by atoms with van der Waals surface area (Å²) >= 11 is 0. The van der Waals surface area contributed by atoms with Gasteiger partial charge in [-0.25, -0.2) is 4.79 Å². The number of hydrogen-bond acceptors (Lipinski definition) is 4. The fraction of sp³-hybridized carbons (Fsp3) is 0.286. The Labute approximate surface area is 171 Å². The molecule has 1 aliphatic heterocycles. The zero-order valence-corrected chi connectivity index (χ0v) is 15.9. The van der Waals surface area contributed by atoms with E-state index in [2.05, 4.69) is 15.4 Å². The van der Waals surface area contributed by atoms with Gasteiger partial charge in [0.15, 0.2) is 0 Å². The van der Waals surface area contributed by atoms with Crippen LogP contribution in [-0.4, -0.2) is 41.4 Å². The number of ether oxygens (including phenoxy) is 1. The molecule has 0 radical (unpaired) electrons. The van der Waals surface area contributed by atoms with Crippen LogP contribution in [-0.2, 0) is 22.4 Å². The highest BCUT2D eigenvalue weighted by atomic mass is 19.3. The number of carbonyl (C=O) groups is 3. The monoisotopic (exact) mass is 415 g/mol. The number of alkyl halides is 2. The number of benzene rings is 2. The molecule has 30 heavy (non-hydrogen) atoms. The topological polar surface area (TPSA) is 87.7 Å². The highest BCUT2D eigenvalue weighted by Gasteiger charge is 2.52. The van der Waals surface area contributed by atoms with Crippen LogP contribution in [0.3, 0.4) is 0 Å². The van der Waals surface area contributed by atoms with Gasteiger partial charge in [0.1, 0.15) is 17.8 Å². The van der Waals surface area contributed by atoms with Crippen molar-refractivity contribution in [2.24, 2.45) is 0 Å². The van der Waals surface area contributed by atoms with E-state index in [-0.39, 0.29) is 11.4 Å².